The van der Waals surface area contributed by atoms with Crippen molar-refractivity contribution >= 4 is 11.6 Å². The molecule has 0 heterocycles. The Morgan fingerprint density at radius 1 is 1.37 bits per heavy atom. The van der Waals surface area contributed by atoms with Gasteiger partial charge in [-0.05, 0) is 30.8 Å². The molecule has 3 nitrogen and oxygen atoms in total. The van der Waals surface area contributed by atoms with Crippen LogP contribution < -0.4 is 5.32 Å². The Labute approximate surface area is 119 Å². The molecule has 0 aliphatic heterocycles. The highest BCUT2D eigenvalue weighted by Gasteiger charge is 2.14. The van der Waals surface area contributed by atoms with Gasteiger partial charge in [0, 0.05) is 18.1 Å². The van der Waals surface area contributed by atoms with Crippen LogP contribution in [-0.4, -0.2) is 42.8 Å². The summed E-state index contributed by atoms with van der Waals surface area (Å²) in [5, 5.41) is 13.0. The van der Waals surface area contributed by atoms with Crippen LogP contribution in [0.3, 0.4) is 0 Å². The first-order chi connectivity index (χ1) is 9.12. The van der Waals surface area contributed by atoms with E-state index < -0.39 is 0 Å². The Kier molecular flexibility index (Phi) is 7.31. The molecule has 0 saturated heterocycles. The number of aliphatic hydroxyl groups is 1. The minimum atomic E-state index is -0.367. The average Bonchev–Trinajstić information content (AvgIpc) is 2.40. The Morgan fingerprint density at radius 2 is 2.05 bits per heavy atom. The molecule has 0 saturated carbocycles. The highest BCUT2D eigenvalue weighted by Crippen LogP contribution is 2.23. The van der Waals surface area contributed by atoms with Crippen molar-refractivity contribution in [3.8, 4) is 0 Å². The molecule has 0 bridgehead atoms. The largest absolute Gasteiger partial charge is 0.394 e. The van der Waals surface area contributed by atoms with Crippen molar-refractivity contribution in [3.63, 3.8) is 0 Å². The second-order valence-corrected chi connectivity index (χ2v) is 4.79. The van der Waals surface area contributed by atoms with Gasteiger partial charge in [0.1, 0.15) is 5.82 Å². The smallest absolute Gasteiger partial charge is 0.124 e. The molecule has 1 aromatic rings. The molecule has 108 valence electrons. The number of rotatable bonds is 8. The highest BCUT2D eigenvalue weighted by molar-refractivity contribution is 6.31. The molecule has 1 unspecified atom stereocenters. The predicted molar refractivity (Wildman–Crippen MR) is 77.0 cm³/mol. The van der Waals surface area contributed by atoms with Crippen LogP contribution in [0.2, 0.25) is 5.02 Å². The maximum atomic E-state index is 13.0. The van der Waals surface area contributed by atoms with Crippen LogP contribution >= 0.6 is 11.6 Å². The fraction of sp³-hybridized carbons (Fsp3) is 0.571. The standard InChI is InChI=1S/C14H22ClFN2O/c1-3-18(4-2)8-7-17-14(10-19)12-6-5-11(16)9-13(12)15/h5-6,9,14,17,19H,3-4,7-8,10H2,1-2H3. The summed E-state index contributed by atoms with van der Waals surface area (Å²) >= 11 is 6.00. The Bertz CT molecular complexity index is 386. The summed E-state index contributed by atoms with van der Waals surface area (Å²) in [6.07, 6.45) is 0. The van der Waals surface area contributed by atoms with Gasteiger partial charge in [-0.2, -0.15) is 0 Å². The molecule has 0 aromatic heterocycles. The first-order valence-corrected chi connectivity index (χ1v) is 7.01. The number of aliphatic hydroxyl groups excluding tert-OH is 1. The van der Waals surface area contributed by atoms with Crippen molar-refractivity contribution in [2.75, 3.05) is 32.8 Å². The molecule has 1 atom stereocenters. The Morgan fingerprint density at radius 3 is 2.58 bits per heavy atom. The minimum absolute atomic E-state index is 0.0659. The summed E-state index contributed by atoms with van der Waals surface area (Å²) < 4.78 is 13.0. The minimum Gasteiger partial charge on any atom is -0.394 e. The monoisotopic (exact) mass is 288 g/mol. The van der Waals surface area contributed by atoms with Crippen molar-refractivity contribution < 1.29 is 9.50 Å². The number of nitrogens with one attached hydrogen (secondary N) is 1. The first kappa shape index (κ1) is 16.4. The molecular formula is C14H22ClFN2O. The third-order valence-corrected chi connectivity index (χ3v) is 3.56. The molecule has 1 rings (SSSR count). The Hall–Kier alpha value is -0.680. The van der Waals surface area contributed by atoms with E-state index in [4.69, 9.17) is 11.6 Å². The van der Waals surface area contributed by atoms with Crippen molar-refractivity contribution in [1.82, 2.24) is 10.2 Å². The number of hydrogen-bond donors (Lipinski definition) is 2. The molecule has 19 heavy (non-hydrogen) atoms. The summed E-state index contributed by atoms with van der Waals surface area (Å²) in [6, 6.07) is 3.98. The van der Waals surface area contributed by atoms with Gasteiger partial charge >= 0.3 is 0 Å². The van der Waals surface area contributed by atoms with Crippen LogP contribution in [0.1, 0.15) is 25.5 Å². The quantitative estimate of drug-likeness (QED) is 0.771. The number of hydrogen-bond acceptors (Lipinski definition) is 3. The lowest BCUT2D eigenvalue weighted by Gasteiger charge is -2.22. The molecule has 0 radical (unpaired) electrons. The lowest BCUT2D eigenvalue weighted by Crippen LogP contribution is -2.34. The maximum Gasteiger partial charge on any atom is 0.124 e. The second-order valence-electron chi connectivity index (χ2n) is 4.38. The zero-order chi connectivity index (χ0) is 14.3. The summed E-state index contributed by atoms with van der Waals surface area (Å²) in [7, 11) is 0. The molecule has 0 aliphatic carbocycles. The molecule has 1 aromatic carbocycles. The van der Waals surface area contributed by atoms with Crippen molar-refractivity contribution in [2.24, 2.45) is 0 Å². The highest BCUT2D eigenvalue weighted by atomic mass is 35.5. The summed E-state index contributed by atoms with van der Waals surface area (Å²) in [4.78, 5) is 2.29. The van der Waals surface area contributed by atoms with Gasteiger partial charge in [-0.25, -0.2) is 4.39 Å². The van der Waals surface area contributed by atoms with Gasteiger partial charge < -0.3 is 15.3 Å². The van der Waals surface area contributed by atoms with E-state index in [1.807, 2.05) is 0 Å². The van der Waals surface area contributed by atoms with Crippen molar-refractivity contribution in [2.45, 2.75) is 19.9 Å². The molecule has 0 fully saturated rings. The van der Waals surface area contributed by atoms with Gasteiger partial charge in [-0.1, -0.05) is 31.5 Å². The van der Waals surface area contributed by atoms with Crippen molar-refractivity contribution in [3.05, 3.63) is 34.6 Å². The lowest BCUT2D eigenvalue weighted by atomic mass is 10.1. The molecule has 5 heteroatoms. The zero-order valence-corrected chi connectivity index (χ0v) is 12.3. The van der Waals surface area contributed by atoms with Crippen LogP contribution in [0, 0.1) is 5.82 Å². The Balaban J connectivity index is 2.58. The van der Waals surface area contributed by atoms with E-state index in [1.165, 1.54) is 12.1 Å². The molecule has 0 amide bonds. The number of nitrogens with zero attached hydrogens (tertiary/aromatic N) is 1. The first-order valence-electron chi connectivity index (χ1n) is 6.63. The second kappa shape index (κ2) is 8.48. The fourth-order valence-electron chi connectivity index (χ4n) is 1.99. The van der Waals surface area contributed by atoms with E-state index in [0.29, 0.717) is 5.02 Å². The molecular weight excluding hydrogens is 267 g/mol. The van der Waals surface area contributed by atoms with Gasteiger partial charge in [0.25, 0.3) is 0 Å². The molecule has 0 spiro atoms. The van der Waals surface area contributed by atoms with E-state index in [0.717, 1.165) is 31.7 Å². The fourth-order valence-corrected chi connectivity index (χ4v) is 2.29. The van der Waals surface area contributed by atoms with Crippen LogP contribution in [-0.2, 0) is 0 Å². The topological polar surface area (TPSA) is 35.5 Å². The average molecular weight is 289 g/mol. The molecule has 2 N–H and O–H groups in total. The van der Waals surface area contributed by atoms with E-state index in [1.54, 1.807) is 6.07 Å². The summed E-state index contributed by atoms with van der Waals surface area (Å²) in [6.45, 7) is 7.82. The van der Waals surface area contributed by atoms with E-state index in [-0.39, 0.29) is 18.5 Å². The van der Waals surface area contributed by atoms with Gasteiger partial charge in [0.2, 0.25) is 0 Å². The van der Waals surface area contributed by atoms with Gasteiger partial charge in [0.05, 0.1) is 12.6 Å². The van der Waals surface area contributed by atoms with Gasteiger partial charge in [-0.15, -0.1) is 0 Å². The van der Waals surface area contributed by atoms with Crippen molar-refractivity contribution in [1.29, 1.82) is 0 Å². The van der Waals surface area contributed by atoms with E-state index in [2.05, 4.69) is 24.1 Å². The third kappa shape index (κ3) is 5.07. The lowest BCUT2D eigenvalue weighted by molar-refractivity contribution is 0.233. The summed E-state index contributed by atoms with van der Waals surface area (Å²) in [5.41, 5.74) is 0.727. The maximum absolute atomic E-state index is 13.0. The van der Waals surface area contributed by atoms with E-state index >= 15 is 0 Å². The zero-order valence-electron chi connectivity index (χ0n) is 11.5. The van der Waals surface area contributed by atoms with Crippen LogP contribution in [0.5, 0.6) is 0 Å². The van der Waals surface area contributed by atoms with E-state index in [9.17, 15) is 9.50 Å². The van der Waals surface area contributed by atoms with Gasteiger partial charge in [0.15, 0.2) is 0 Å². The third-order valence-electron chi connectivity index (χ3n) is 3.23. The normalized spacial score (nSPS) is 12.9. The summed E-state index contributed by atoms with van der Waals surface area (Å²) in [5.74, 6) is -0.367. The van der Waals surface area contributed by atoms with Crippen LogP contribution in [0.4, 0.5) is 4.39 Å². The number of likely N-dealkylation sites (N-methyl/N-ethyl adjacent to an activating group) is 1. The number of halogens is 2. The number of benzene rings is 1. The van der Waals surface area contributed by atoms with Crippen LogP contribution in [0.25, 0.3) is 0 Å². The van der Waals surface area contributed by atoms with Gasteiger partial charge in [-0.3, -0.25) is 0 Å². The van der Waals surface area contributed by atoms with Crippen LogP contribution in [0.15, 0.2) is 18.2 Å². The SMILES string of the molecule is CCN(CC)CCNC(CO)c1ccc(F)cc1Cl. The molecule has 0 aliphatic rings. The predicted octanol–water partition coefficient (Wildman–Crippen LogP) is 2.44.